The molecular weight excluding hydrogens is 433 g/mol. The minimum atomic E-state index is -0.649. The van der Waals surface area contributed by atoms with Crippen LogP contribution in [0.25, 0.3) is 0 Å². The molecule has 3 rings (SSSR count). The number of amides is 2. The Balaban J connectivity index is 1.77. The maximum atomic E-state index is 12.5. The zero-order valence-electron chi connectivity index (χ0n) is 13.7. The van der Waals surface area contributed by atoms with Crippen LogP contribution in [0.15, 0.2) is 48.5 Å². The largest absolute Gasteiger partial charge is 0.477 e. The van der Waals surface area contributed by atoms with Crippen LogP contribution in [0.3, 0.4) is 0 Å². The first-order chi connectivity index (χ1) is 12.1. The molecule has 130 valence electrons. The average Bonchev–Trinajstić information content (AvgIpc) is 2.62. The minimum absolute atomic E-state index is 0.138. The van der Waals surface area contributed by atoms with Crippen molar-refractivity contribution < 1.29 is 14.3 Å². The quantitative estimate of drug-likeness (QED) is 0.700. The Morgan fingerprint density at radius 1 is 1.20 bits per heavy atom. The van der Waals surface area contributed by atoms with E-state index in [9.17, 15) is 9.59 Å². The molecule has 2 aromatic carbocycles. The van der Waals surface area contributed by atoms with Crippen LogP contribution in [0, 0.1) is 3.57 Å². The summed E-state index contributed by atoms with van der Waals surface area (Å²) < 4.78 is 6.72. The van der Waals surface area contributed by atoms with Crippen LogP contribution in [0.2, 0.25) is 0 Å². The monoisotopic (exact) mass is 451 g/mol. The maximum absolute atomic E-state index is 12.5. The molecule has 1 unspecified atom stereocenters. The van der Waals surface area contributed by atoms with Crippen molar-refractivity contribution in [1.29, 1.82) is 0 Å². The highest BCUT2D eigenvalue weighted by Crippen LogP contribution is 2.33. The molecule has 1 atom stereocenters. The smallest absolute Gasteiger partial charge is 0.262 e. The number of nitrogens with one attached hydrogen (secondary N) is 2. The van der Waals surface area contributed by atoms with E-state index >= 15 is 0 Å². The molecule has 2 N–H and O–H groups in total. The molecule has 1 aliphatic rings. The van der Waals surface area contributed by atoms with Gasteiger partial charge >= 0.3 is 0 Å². The fourth-order valence-corrected chi connectivity index (χ4v) is 3.20. The molecule has 0 radical (unpaired) electrons. The number of likely N-dealkylation sites (N-methyl/N-ethyl adjacent to an activating group) is 1. The molecule has 0 bridgehead atoms. The number of halogens is 1. The molecule has 25 heavy (non-hydrogen) atoms. The predicted octanol–water partition coefficient (Wildman–Crippen LogP) is 2.24. The van der Waals surface area contributed by atoms with Gasteiger partial charge in [-0.25, -0.2) is 0 Å². The van der Waals surface area contributed by atoms with Crippen molar-refractivity contribution in [3.63, 3.8) is 0 Å². The van der Waals surface area contributed by atoms with Crippen molar-refractivity contribution in [2.24, 2.45) is 0 Å². The first kappa shape index (κ1) is 17.5. The Morgan fingerprint density at radius 3 is 2.68 bits per heavy atom. The van der Waals surface area contributed by atoms with E-state index in [-0.39, 0.29) is 18.4 Å². The van der Waals surface area contributed by atoms with Crippen LogP contribution in [0.4, 0.5) is 11.4 Å². The lowest BCUT2D eigenvalue weighted by atomic mass is 10.1. The molecule has 2 aromatic rings. The van der Waals surface area contributed by atoms with Gasteiger partial charge in [0.2, 0.25) is 5.91 Å². The van der Waals surface area contributed by atoms with E-state index in [2.05, 4.69) is 33.2 Å². The second kappa shape index (κ2) is 7.73. The molecular formula is C18H18IN3O3. The van der Waals surface area contributed by atoms with Crippen molar-refractivity contribution in [3.8, 4) is 5.75 Å². The molecule has 6 nitrogen and oxygen atoms in total. The second-order valence-corrected chi connectivity index (χ2v) is 6.76. The molecule has 0 saturated carbocycles. The Bertz CT molecular complexity index is 797. The van der Waals surface area contributed by atoms with Gasteiger partial charge in [0, 0.05) is 10.6 Å². The lowest BCUT2D eigenvalue weighted by molar-refractivity contribution is -0.127. The molecule has 0 aliphatic carbocycles. The number of hydrogen-bond donors (Lipinski definition) is 2. The fourth-order valence-electron chi connectivity index (χ4n) is 2.68. The van der Waals surface area contributed by atoms with Gasteiger partial charge in [-0.3, -0.25) is 9.59 Å². The highest BCUT2D eigenvalue weighted by atomic mass is 127. The number of rotatable bonds is 4. The van der Waals surface area contributed by atoms with Crippen LogP contribution in [-0.4, -0.2) is 38.1 Å². The predicted molar refractivity (Wildman–Crippen MR) is 105 cm³/mol. The van der Waals surface area contributed by atoms with E-state index in [1.54, 1.807) is 13.1 Å². The molecule has 0 saturated heterocycles. The molecule has 2 amide bonds. The summed E-state index contributed by atoms with van der Waals surface area (Å²) in [5, 5.41) is 5.51. The molecule has 7 heteroatoms. The van der Waals surface area contributed by atoms with Crippen molar-refractivity contribution in [1.82, 2.24) is 5.32 Å². The average molecular weight is 451 g/mol. The first-order valence-corrected chi connectivity index (χ1v) is 8.93. The first-order valence-electron chi connectivity index (χ1n) is 7.85. The number of carbonyl (C=O) groups is 2. The number of benzene rings is 2. The summed E-state index contributed by atoms with van der Waals surface area (Å²) in [7, 11) is 1.57. The minimum Gasteiger partial charge on any atom is -0.477 e. The second-order valence-electron chi connectivity index (χ2n) is 5.60. The van der Waals surface area contributed by atoms with Gasteiger partial charge in [-0.1, -0.05) is 24.3 Å². The highest BCUT2D eigenvalue weighted by Gasteiger charge is 2.31. The van der Waals surface area contributed by atoms with Crippen LogP contribution in [-0.2, 0) is 9.59 Å². The summed E-state index contributed by atoms with van der Waals surface area (Å²) in [5.74, 6) is 0.249. The van der Waals surface area contributed by atoms with E-state index in [4.69, 9.17) is 4.74 Å². The summed E-state index contributed by atoms with van der Waals surface area (Å²) in [6.45, 7) is 0.453. The number of para-hydroxylation sites is 3. The van der Waals surface area contributed by atoms with Crippen molar-refractivity contribution in [2.45, 2.75) is 6.10 Å². The molecule has 0 aromatic heterocycles. The third kappa shape index (κ3) is 4.04. The van der Waals surface area contributed by atoms with Gasteiger partial charge in [-0.2, -0.15) is 0 Å². The normalized spacial score (nSPS) is 15.8. The number of ether oxygens (including phenoxy) is 1. The van der Waals surface area contributed by atoms with Crippen LogP contribution < -0.4 is 20.3 Å². The van der Waals surface area contributed by atoms with Crippen molar-refractivity contribution in [3.05, 3.63) is 52.1 Å². The number of hydrogen-bond acceptors (Lipinski definition) is 4. The van der Waals surface area contributed by atoms with E-state index in [0.717, 1.165) is 14.9 Å². The van der Waals surface area contributed by atoms with Gasteiger partial charge in [-0.05, 0) is 46.9 Å². The van der Waals surface area contributed by atoms with Crippen LogP contribution in [0.5, 0.6) is 5.75 Å². The summed E-state index contributed by atoms with van der Waals surface area (Å²) in [4.78, 5) is 26.3. The van der Waals surface area contributed by atoms with Crippen molar-refractivity contribution in [2.75, 3.05) is 30.4 Å². The van der Waals surface area contributed by atoms with E-state index < -0.39 is 6.10 Å². The zero-order chi connectivity index (χ0) is 17.8. The summed E-state index contributed by atoms with van der Waals surface area (Å²) in [6.07, 6.45) is -0.649. The molecule has 0 fully saturated rings. The van der Waals surface area contributed by atoms with E-state index in [1.165, 1.54) is 0 Å². The van der Waals surface area contributed by atoms with Gasteiger partial charge < -0.3 is 20.3 Å². The number of anilines is 2. The maximum Gasteiger partial charge on any atom is 0.262 e. The third-order valence-electron chi connectivity index (χ3n) is 3.88. The topological polar surface area (TPSA) is 70.7 Å². The summed E-state index contributed by atoms with van der Waals surface area (Å²) in [6, 6.07) is 15.0. The summed E-state index contributed by atoms with van der Waals surface area (Å²) >= 11 is 2.18. The number of carbonyl (C=O) groups excluding carboxylic acids is 2. The zero-order valence-corrected chi connectivity index (χ0v) is 15.8. The Hall–Kier alpha value is -2.29. The van der Waals surface area contributed by atoms with Gasteiger partial charge in [0.1, 0.15) is 5.75 Å². The number of nitrogens with zero attached hydrogens (tertiary/aromatic N) is 1. The Kier molecular flexibility index (Phi) is 5.42. The molecule has 0 spiro atoms. The van der Waals surface area contributed by atoms with Crippen molar-refractivity contribution >= 4 is 45.8 Å². The number of fused-ring (bicyclic) bond motifs is 1. The van der Waals surface area contributed by atoms with Crippen LogP contribution in [0.1, 0.15) is 0 Å². The van der Waals surface area contributed by atoms with Gasteiger partial charge in [0.05, 0.1) is 24.5 Å². The van der Waals surface area contributed by atoms with E-state index in [1.807, 2.05) is 47.4 Å². The molecule has 1 heterocycles. The SMILES string of the molecule is CNC(=O)C1CN(CC(=O)Nc2ccccc2I)c2ccccc2O1. The third-order valence-corrected chi connectivity index (χ3v) is 4.82. The van der Waals surface area contributed by atoms with Gasteiger partial charge in [-0.15, -0.1) is 0 Å². The van der Waals surface area contributed by atoms with Gasteiger partial charge in [0.25, 0.3) is 5.91 Å². The standard InChI is InChI=1S/C18H18IN3O3/c1-20-18(24)16-10-22(14-8-4-5-9-15(14)25-16)11-17(23)21-13-7-3-2-6-12(13)19/h2-9,16H,10-11H2,1H3,(H,20,24)(H,21,23). The van der Waals surface area contributed by atoms with Gasteiger partial charge in [0.15, 0.2) is 6.10 Å². The summed E-state index contributed by atoms with van der Waals surface area (Å²) in [5.41, 5.74) is 1.58. The Morgan fingerprint density at radius 2 is 1.92 bits per heavy atom. The fraction of sp³-hybridized carbons (Fsp3) is 0.222. The molecule has 1 aliphatic heterocycles. The Labute approximate surface area is 159 Å². The van der Waals surface area contributed by atoms with Crippen LogP contribution >= 0.6 is 22.6 Å². The highest BCUT2D eigenvalue weighted by molar-refractivity contribution is 14.1. The van der Waals surface area contributed by atoms with E-state index in [0.29, 0.717) is 12.3 Å². The lowest BCUT2D eigenvalue weighted by Crippen LogP contribution is -2.50. The lowest BCUT2D eigenvalue weighted by Gasteiger charge is -2.35.